The second kappa shape index (κ2) is 5.99. The van der Waals surface area contributed by atoms with E-state index in [0.29, 0.717) is 4.88 Å². The first-order valence-electron chi connectivity index (χ1n) is 5.78. The number of aryl methyl sites for hydroxylation is 1. The van der Waals surface area contributed by atoms with Crippen LogP contribution in [-0.2, 0) is 6.42 Å². The van der Waals surface area contributed by atoms with E-state index < -0.39 is 0 Å². The lowest BCUT2D eigenvalue weighted by Crippen LogP contribution is -2.14. The molecule has 0 saturated carbocycles. The first-order valence-corrected chi connectivity index (χ1v) is 6.56. The van der Waals surface area contributed by atoms with Gasteiger partial charge >= 0.3 is 0 Å². The molecule has 1 amide bonds. The van der Waals surface area contributed by atoms with Gasteiger partial charge in [0.2, 0.25) is 0 Å². The molecule has 7 heteroatoms. The number of aromatic nitrogens is 2. The van der Waals surface area contributed by atoms with Crippen molar-refractivity contribution in [2.24, 2.45) is 0 Å². The molecular formula is C12H13ClN4OS. The SMILES string of the molecule is Cl.O=C(Nc1ccc2c(c1)CCCN2)c1cnns1. The molecule has 1 aromatic heterocycles. The predicted octanol–water partition coefficient (Wildman–Crippen LogP) is 2.57. The molecule has 2 aromatic rings. The average molecular weight is 297 g/mol. The van der Waals surface area contributed by atoms with Crippen LogP contribution < -0.4 is 10.6 Å². The highest BCUT2D eigenvalue weighted by Gasteiger charge is 2.12. The predicted molar refractivity (Wildman–Crippen MR) is 78.4 cm³/mol. The van der Waals surface area contributed by atoms with Crippen molar-refractivity contribution in [3.8, 4) is 0 Å². The topological polar surface area (TPSA) is 66.9 Å². The van der Waals surface area contributed by atoms with Crippen LogP contribution in [0.5, 0.6) is 0 Å². The summed E-state index contributed by atoms with van der Waals surface area (Å²) in [6.07, 6.45) is 3.65. The molecule has 0 saturated heterocycles. The minimum Gasteiger partial charge on any atom is -0.385 e. The number of fused-ring (bicyclic) bond motifs is 1. The smallest absolute Gasteiger partial charge is 0.269 e. The van der Waals surface area contributed by atoms with Crippen molar-refractivity contribution in [1.82, 2.24) is 9.59 Å². The van der Waals surface area contributed by atoms with E-state index >= 15 is 0 Å². The molecule has 1 aromatic carbocycles. The van der Waals surface area contributed by atoms with Crippen LogP contribution in [0, 0.1) is 0 Å². The molecule has 1 aliphatic rings. The summed E-state index contributed by atoms with van der Waals surface area (Å²) >= 11 is 1.09. The van der Waals surface area contributed by atoms with Gasteiger partial charge < -0.3 is 10.6 Å². The van der Waals surface area contributed by atoms with E-state index in [2.05, 4.69) is 20.2 Å². The highest BCUT2D eigenvalue weighted by Crippen LogP contribution is 2.25. The highest BCUT2D eigenvalue weighted by molar-refractivity contribution is 7.07. The molecule has 0 aliphatic carbocycles. The lowest BCUT2D eigenvalue weighted by molar-refractivity contribution is 0.103. The second-order valence-corrected chi connectivity index (χ2v) is 4.92. The second-order valence-electron chi connectivity index (χ2n) is 4.14. The van der Waals surface area contributed by atoms with Crippen LogP contribution in [0.15, 0.2) is 24.4 Å². The van der Waals surface area contributed by atoms with Crippen LogP contribution in [0.2, 0.25) is 0 Å². The Morgan fingerprint density at radius 2 is 2.32 bits per heavy atom. The van der Waals surface area contributed by atoms with Gasteiger partial charge in [0.25, 0.3) is 5.91 Å². The Bertz CT molecular complexity index is 573. The third-order valence-electron chi connectivity index (χ3n) is 2.89. The number of carbonyl (C=O) groups excluding carboxylic acids is 1. The Kier molecular flexibility index (Phi) is 4.34. The van der Waals surface area contributed by atoms with Gasteiger partial charge in [0.15, 0.2) is 0 Å². The maximum absolute atomic E-state index is 11.8. The molecule has 0 radical (unpaired) electrons. The van der Waals surface area contributed by atoms with Crippen molar-refractivity contribution in [3.63, 3.8) is 0 Å². The van der Waals surface area contributed by atoms with Crippen molar-refractivity contribution in [1.29, 1.82) is 0 Å². The lowest BCUT2D eigenvalue weighted by atomic mass is 10.0. The Labute approximate surface area is 121 Å². The lowest BCUT2D eigenvalue weighted by Gasteiger charge is -2.18. The third kappa shape index (κ3) is 3.02. The van der Waals surface area contributed by atoms with Gasteiger partial charge in [0, 0.05) is 17.9 Å². The first-order chi connectivity index (χ1) is 8.83. The number of benzene rings is 1. The Morgan fingerprint density at radius 3 is 3.11 bits per heavy atom. The van der Waals surface area contributed by atoms with Crippen LogP contribution in [-0.4, -0.2) is 22.0 Å². The largest absolute Gasteiger partial charge is 0.385 e. The van der Waals surface area contributed by atoms with Crippen LogP contribution in [0.25, 0.3) is 0 Å². The normalized spacial score (nSPS) is 12.8. The van der Waals surface area contributed by atoms with E-state index in [1.54, 1.807) is 0 Å². The molecule has 0 spiro atoms. The molecule has 0 fully saturated rings. The van der Waals surface area contributed by atoms with E-state index in [9.17, 15) is 4.79 Å². The highest BCUT2D eigenvalue weighted by atomic mass is 35.5. The number of nitrogens with zero attached hydrogens (tertiary/aromatic N) is 2. The molecule has 5 nitrogen and oxygen atoms in total. The summed E-state index contributed by atoms with van der Waals surface area (Å²) in [6, 6.07) is 5.94. The molecule has 1 aliphatic heterocycles. The Balaban J connectivity index is 0.00000133. The molecule has 0 bridgehead atoms. The number of rotatable bonds is 2. The average Bonchev–Trinajstić information content (AvgIpc) is 2.92. The fourth-order valence-electron chi connectivity index (χ4n) is 2.01. The standard InChI is InChI=1S/C12H12N4OS.ClH/c17-12(11-7-14-16-18-11)15-9-3-4-10-8(6-9)2-1-5-13-10;/h3-4,6-7,13H,1-2,5H2,(H,15,17);1H. The molecule has 0 atom stereocenters. The molecule has 19 heavy (non-hydrogen) atoms. The number of amides is 1. The van der Waals surface area contributed by atoms with Crippen molar-refractivity contribution >= 4 is 41.2 Å². The Morgan fingerprint density at radius 1 is 1.42 bits per heavy atom. The monoisotopic (exact) mass is 296 g/mol. The fourth-order valence-corrected chi connectivity index (χ4v) is 2.42. The van der Waals surface area contributed by atoms with Gasteiger partial charge in [-0.1, -0.05) is 4.49 Å². The summed E-state index contributed by atoms with van der Waals surface area (Å²) in [5.41, 5.74) is 3.23. The summed E-state index contributed by atoms with van der Waals surface area (Å²) in [5, 5.41) is 9.85. The fraction of sp³-hybridized carbons (Fsp3) is 0.250. The van der Waals surface area contributed by atoms with Gasteiger partial charge in [0.1, 0.15) is 4.88 Å². The van der Waals surface area contributed by atoms with Gasteiger partial charge in [-0.25, -0.2) is 0 Å². The van der Waals surface area contributed by atoms with Crippen molar-refractivity contribution in [3.05, 3.63) is 34.8 Å². The van der Waals surface area contributed by atoms with E-state index in [-0.39, 0.29) is 18.3 Å². The minimum absolute atomic E-state index is 0. The zero-order chi connectivity index (χ0) is 12.4. The summed E-state index contributed by atoms with van der Waals surface area (Å²) in [5.74, 6) is -0.159. The molecule has 2 N–H and O–H groups in total. The van der Waals surface area contributed by atoms with E-state index in [4.69, 9.17) is 0 Å². The first kappa shape index (κ1) is 13.8. The van der Waals surface area contributed by atoms with Gasteiger partial charge in [-0.3, -0.25) is 4.79 Å². The third-order valence-corrected chi connectivity index (χ3v) is 3.55. The molecule has 3 rings (SSSR count). The van der Waals surface area contributed by atoms with Gasteiger partial charge in [-0.05, 0) is 48.1 Å². The van der Waals surface area contributed by atoms with Gasteiger partial charge in [-0.2, -0.15) is 0 Å². The van der Waals surface area contributed by atoms with Crippen LogP contribution in [0.4, 0.5) is 11.4 Å². The van der Waals surface area contributed by atoms with Crippen molar-refractivity contribution < 1.29 is 4.79 Å². The van der Waals surface area contributed by atoms with Crippen LogP contribution >= 0.6 is 23.9 Å². The Hall–Kier alpha value is -1.66. The van der Waals surface area contributed by atoms with Crippen molar-refractivity contribution in [2.45, 2.75) is 12.8 Å². The summed E-state index contributed by atoms with van der Waals surface area (Å²) in [6.45, 7) is 1.02. The van der Waals surface area contributed by atoms with E-state index in [1.807, 2.05) is 18.2 Å². The number of nitrogens with one attached hydrogen (secondary N) is 2. The van der Waals surface area contributed by atoms with Gasteiger partial charge in [0.05, 0.1) is 6.20 Å². The molecule has 100 valence electrons. The van der Waals surface area contributed by atoms with E-state index in [1.165, 1.54) is 17.4 Å². The molecule has 2 heterocycles. The summed E-state index contributed by atoms with van der Waals surface area (Å²) < 4.78 is 3.68. The number of hydrogen-bond donors (Lipinski definition) is 2. The quantitative estimate of drug-likeness (QED) is 0.894. The van der Waals surface area contributed by atoms with E-state index in [0.717, 1.165) is 36.6 Å². The summed E-state index contributed by atoms with van der Waals surface area (Å²) in [7, 11) is 0. The molecule has 0 unspecified atom stereocenters. The van der Waals surface area contributed by atoms with Crippen LogP contribution in [0.1, 0.15) is 21.7 Å². The number of carbonyl (C=O) groups is 1. The molecular weight excluding hydrogens is 284 g/mol. The maximum atomic E-state index is 11.8. The zero-order valence-corrected chi connectivity index (χ0v) is 11.7. The van der Waals surface area contributed by atoms with Gasteiger partial charge in [-0.15, -0.1) is 17.5 Å². The summed E-state index contributed by atoms with van der Waals surface area (Å²) in [4.78, 5) is 12.4. The zero-order valence-electron chi connectivity index (χ0n) is 10.0. The number of anilines is 2. The van der Waals surface area contributed by atoms with Crippen LogP contribution in [0.3, 0.4) is 0 Å². The number of halogens is 1. The number of hydrogen-bond acceptors (Lipinski definition) is 5. The maximum Gasteiger partial charge on any atom is 0.269 e. The minimum atomic E-state index is -0.159. The van der Waals surface area contributed by atoms with Crippen molar-refractivity contribution in [2.75, 3.05) is 17.2 Å².